The van der Waals surface area contributed by atoms with Gasteiger partial charge in [-0.3, -0.25) is 4.79 Å². The Morgan fingerprint density at radius 1 is 1.32 bits per heavy atom. The molecule has 0 fully saturated rings. The molecule has 1 aliphatic rings. The average Bonchev–Trinajstić information content (AvgIpc) is 2.79. The maximum absolute atomic E-state index is 11.5. The van der Waals surface area contributed by atoms with Crippen LogP contribution in [0.5, 0.6) is 11.5 Å². The zero-order chi connectivity index (χ0) is 14.3. The second-order valence-corrected chi connectivity index (χ2v) is 4.06. The summed E-state index contributed by atoms with van der Waals surface area (Å²) in [5.41, 5.74) is 1.28. The van der Waals surface area contributed by atoms with E-state index >= 15 is 0 Å². The number of carbonyl (C=O) groups excluding carboxylic acids is 2. The lowest BCUT2D eigenvalue weighted by atomic mass is 10.1. The van der Waals surface area contributed by atoms with Crippen LogP contribution in [0.4, 0.5) is 0 Å². The van der Waals surface area contributed by atoms with Gasteiger partial charge in [-0.05, 0) is 24.5 Å². The zero-order valence-corrected chi connectivity index (χ0v) is 10.9. The molecule has 2 N–H and O–H groups in total. The topological polar surface area (TPSA) is 83.8 Å². The summed E-state index contributed by atoms with van der Waals surface area (Å²) in [6.07, 6.45) is 3.09. The molecule has 1 aliphatic carbocycles. The molecule has 0 radical (unpaired) electrons. The molecule has 0 spiro atoms. The summed E-state index contributed by atoms with van der Waals surface area (Å²) < 4.78 is 5.42. The Morgan fingerprint density at radius 2 is 2.05 bits per heavy atom. The Morgan fingerprint density at radius 3 is 2.74 bits per heavy atom. The zero-order valence-electron chi connectivity index (χ0n) is 10.9. The molecular weight excluding hydrogens is 248 g/mol. The lowest BCUT2D eigenvalue weighted by Crippen LogP contribution is -1.99. The highest BCUT2D eigenvalue weighted by molar-refractivity contribution is 6.03. The number of aliphatic hydroxyl groups excluding tert-OH is 1. The number of unbranched alkanes of at least 4 members (excludes halogenated alkanes) is 1. The molecule has 104 valence electrons. The first-order valence-corrected chi connectivity index (χ1v) is 6.12. The minimum absolute atomic E-state index is 0.00427. The van der Waals surface area contributed by atoms with E-state index in [2.05, 4.69) is 0 Å². The van der Waals surface area contributed by atoms with Crippen LogP contribution in [0.2, 0.25) is 0 Å². The van der Waals surface area contributed by atoms with Gasteiger partial charge in [0.15, 0.2) is 5.78 Å². The molecule has 0 saturated carbocycles. The first kappa shape index (κ1) is 15.2. The number of aliphatic hydroxyl groups is 1. The predicted octanol–water partition coefficient (Wildman–Crippen LogP) is 1.49. The van der Waals surface area contributed by atoms with Crippen molar-refractivity contribution in [3.8, 4) is 11.5 Å². The van der Waals surface area contributed by atoms with Crippen LogP contribution in [0.1, 0.15) is 35.2 Å². The van der Waals surface area contributed by atoms with E-state index in [0.29, 0.717) is 43.6 Å². The SMILES string of the molecule is CO.O=CCCCOc1cc(O)c2c(c1)CCC2=O. The Balaban J connectivity index is 0.000000861. The summed E-state index contributed by atoms with van der Waals surface area (Å²) in [6, 6.07) is 3.25. The highest BCUT2D eigenvalue weighted by atomic mass is 16.5. The van der Waals surface area contributed by atoms with E-state index in [0.717, 1.165) is 19.0 Å². The number of hydrogen-bond donors (Lipinski definition) is 2. The number of aldehydes is 1. The number of aryl methyl sites for hydroxylation is 1. The fourth-order valence-corrected chi connectivity index (χ4v) is 1.99. The van der Waals surface area contributed by atoms with E-state index in [1.807, 2.05) is 0 Å². The normalized spacial score (nSPS) is 12.4. The fourth-order valence-electron chi connectivity index (χ4n) is 1.99. The largest absolute Gasteiger partial charge is 0.507 e. The van der Waals surface area contributed by atoms with Gasteiger partial charge in [-0.2, -0.15) is 0 Å². The second kappa shape index (κ2) is 7.53. The van der Waals surface area contributed by atoms with Gasteiger partial charge >= 0.3 is 0 Å². The summed E-state index contributed by atoms with van der Waals surface area (Å²) >= 11 is 0. The van der Waals surface area contributed by atoms with Gasteiger partial charge in [-0.25, -0.2) is 0 Å². The lowest BCUT2D eigenvalue weighted by molar-refractivity contribution is -0.108. The molecule has 0 aromatic heterocycles. The molecule has 0 bridgehead atoms. The maximum atomic E-state index is 11.5. The molecule has 1 aromatic carbocycles. The second-order valence-electron chi connectivity index (χ2n) is 4.06. The number of carbonyl (C=O) groups is 2. The first-order chi connectivity index (χ1) is 9.22. The van der Waals surface area contributed by atoms with Gasteiger partial charge in [-0.1, -0.05) is 0 Å². The van der Waals surface area contributed by atoms with Crippen LogP contribution in [0.15, 0.2) is 12.1 Å². The Labute approximate surface area is 111 Å². The number of Topliss-reactive ketones (excluding diaryl/α,β-unsaturated/α-hetero) is 1. The molecule has 0 unspecified atom stereocenters. The molecule has 2 rings (SSSR count). The Kier molecular flexibility index (Phi) is 6.02. The van der Waals surface area contributed by atoms with Crippen molar-refractivity contribution in [2.75, 3.05) is 13.7 Å². The van der Waals surface area contributed by atoms with Gasteiger partial charge in [0.25, 0.3) is 0 Å². The van der Waals surface area contributed by atoms with E-state index in [-0.39, 0.29) is 11.5 Å². The number of phenolic OH excluding ortho intramolecular Hbond substituents is 1. The van der Waals surface area contributed by atoms with Gasteiger partial charge in [0.05, 0.1) is 12.2 Å². The number of fused-ring (bicyclic) bond motifs is 1. The lowest BCUT2D eigenvalue weighted by Gasteiger charge is -2.08. The number of phenols is 1. The summed E-state index contributed by atoms with van der Waals surface area (Å²) in [5.74, 6) is 0.544. The van der Waals surface area contributed by atoms with Crippen LogP contribution in [-0.4, -0.2) is 36.0 Å². The number of hydrogen-bond acceptors (Lipinski definition) is 5. The molecule has 1 aromatic rings. The molecule has 19 heavy (non-hydrogen) atoms. The highest BCUT2D eigenvalue weighted by Gasteiger charge is 2.24. The van der Waals surface area contributed by atoms with Crippen LogP contribution >= 0.6 is 0 Å². The van der Waals surface area contributed by atoms with Crippen LogP contribution in [0.25, 0.3) is 0 Å². The van der Waals surface area contributed by atoms with Gasteiger partial charge in [0, 0.05) is 26.0 Å². The first-order valence-electron chi connectivity index (χ1n) is 6.12. The maximum Gasteiger partial charge on any atom is 0.167 e. The van der Waals surface area contributed by atoms with Gasteiger partial charge < -0.3 is 19.7 Å². The van der Waals surface area contributed by atoms with Crippen molar-refractivity contribution in [2.24, 2.45) is 0 Å². The van der Waals surface area contributed by atoms with E-state index < -0.39 is 0 Å². The average molecular weight is 266 g/mol. The van der Waals surface area contributed by atoms with E-state index in [9.17, 15) is 14.7 Å². The molecule has 0 amide bonds. The Bertz CT molecular complexity index is 453. The molecule has 5 nitrogen and oxygen atoms in total. The standard InChI is InChI=1S/C13H14O4.CH4O/c14-5-1-2-6-17-10-7-9-3-4-11(15)13(9)12(16)8-10;1-2/h5,7-8,16H,1-4,6H2;2H,1H3. The van der Waals surface area contributed by atoms with Crippen molar-refractivity contribution in [1.29, 1.82) is 0 Å². The minimum Gasteiger partial charge on any atom is -0.507 e. The summed E-state index contributed by atoms with van der Waals surface area (Å²) in [4.78, 5) is 21.6. The van der Waals surface area contributed by atoms with Crippen molar-refractivity contribution in [3.63, 3.8) is 0 Å². The Hall–Kier alpha value is -1.88. The van der Waals surface area contributed by atoms with Crippen molar-refractivity contribution in [3.05, 3.63) is 23.3 Å². The fraction of sp³-hybridized carbons (Fsp3) is 0.429. The van der Waals surface area contributed by atoms with Gasteiger partial charge in [0.1, 0.15) is 17.8 Å². The van der Waals surface area contributed by atoms with Crippen LogP contribution in [0.3, 0.4) is 0 Å². The van der Waals surface area contributed by atoms with Crippen LogP contribution in [0, 0.1) is 0 Å². The van der Waals surface area contributed by atoms with Crippen molar-refractivity contribution >= 4 is 12.1 Å². The molecule has 5 heteroatoms. The van der Waals surface area contributed by atoms with E-state index in [4.69, 9.17) is 9.84 Å². The number of ether oxygens (including phenoxy) is 1. The predicted molar refractivity (Wildman–Crippen MR) is 69.7 cm³/mol. The summed E-state index contributed by atoms with van der Waals surface area (Å²) in [5, 5.41) is 16.7. The molecule has 0 saturated heterocycles. The number of rotatable bonds is 5. The summed E-state index contributed by atoms with van der Waals surface area (Å²) in [7, 11) is 1.00. The van der Waals surface area contributed by atoms with Crippen molar-refractivity contribution in [1.82, 2.24) is 0 Å². The third kappa shape index (κ3) is 3.79. The molecule has 0 aliphatic heterocycles. The quantitative estimate of drug-likeness (QED) is 0.623. The van der Waals surface area contributed by atoms with Crippen LogP contribution in [-0.2, 0) is 11.2 Å². The highest BCUT2D eigenvalue weighted by Crippen LogP contribution is 2.34. The van der Waals surface area contributed by atoms with E-state index in [1.165, 1.54) is 6.07 Å². The minimum atomic E-state index is -0.00925. The number of benzene rings is 1. The number of ketones is 1. The van der Waals surface area contributed by atoms with Crippen molar-refractivity contribution in [2.45, 2.75) is 25.7 Å². The number of aromatic hydroxyl groups is 1. The van der Waals surface area contributed by atoms with Crippen molar-refractivity contribution < 1.29 is 24.5 Å². The summed E-state index contributed by atoms with van der Waals surface area (Å²) in [6.45, 7) is 0.435. The van der Waals surface area contributed by atoms with Gasteiger partial charge in [0.2, 0.25) is 0 Å². The molecule has 0 heterocycles. The van der Waals surface area contributed by atoms with E-state index in [1.54, 1.807) is 6.07 Å². The van der Waals surface area contributed by atoms with Crippen LogP contribution < -0.4 is 4.74 Å². The third-order valence-electron chi connectivity index (χ3n) is 2.81. The third-order valence-corrected chi connectivity index (χ3v) is 2.81. The van der Waals surface area contributed by atoms with Gasteiger partial charge in [-0.15, -0.1) is 0 Å². The monoisotopic (exact) mass is 266 g/mol. The molecular formula is C14H18O5. The smallest absolute Gasteiger partial charge is 0.167 e. The molecule has 0 atom stereocenters.